The smallest absolute Gasteiger partial charge is 0.416 e. The Labute approximate surface area is 106 Å². The van der Waals surface area contributed by atoms with Crippen molar-refractivity contribution in [3.63, 3.8) is 0 Å². The summed E-state index contributed by atoms with van der Waals surface area (Å²) in [5.41, 5.74) is -0.243. The average molecular weight is 270 g/mol. The van der Waals surface area contributed by atoms with Crippen molar-refractivity contribution in [2.24, 2.45) is 0 Å². The van der Waals surface area contributed by atoms with Crippen molar-refractivity contribution < 1.29 is 22.7 Å². The van der Waals surface area contributed by atoms with Gasteiger partial charge in [-0.3, -0.25) is 4.79 Å². The van der Waals surface area contributed by atoms with Gasteiger partial charge in [0.25, 0.3) is 0 Å². The Balaban J connectivity index is 2.42. The van der Waals surface area contributed by atoms with Crippen molar-refractivity contribution in [3.05, 3.63) is 41.6 Å². The molecule has 4 nitrogen and oxygen atoms in total. The van der Waals surface area contributed by atoms with Crippen LogP contribution in [0, 0.1) is 0 Å². The first-order valence-corrected chi connectivity index (χ1v) is 5.22. The highest BCUT2D eigenvalue weighted by molar-refractivity contribution is 5.72. The normalized spacial score (nSPS) is 11.4. The van der Waals surface area contributed by atoms with Gasteiger partial charge in [-0.25, -0.2) is 4.68 Å². The topological polar surface area (TPSA) is 44.1 Å². The van der Waals surface area contributed by atoms with E-state index in [1.165, 1.54) is 30.0 Å². The van der Waals surface area contributed by atoms with Gasteiger partial charge in [0.05, 0.1) is 18.4 Å². The number of aromatic nitrogens is 2. The number of hydrogen-bond donors (Lipinski definition) is 0. The molecule has 1 aromatic heterocycles. The molecule has 100 valence electrons. The Morgan fingerprint density at radius 1 is 1.26 bits per heavy atom. The first-order chi connectivity index (χ1) is 8.95. The number of hydrogen-bond acceptors (Lipinski definition) is 3. The number of benzene rings is 1. The van der Waals surface area contributed by atoms with E-state index in [1.807, 2.05) is 0 Å². The Bertz CT molecular complexity index is 588. The number of carbonyl (C=O) groups excluding carboxylic acids is 1. The summed E-state index contributed by atoms with van der Waals surface area (Å²) in [4.78, 5) is 10.6. The first kappa shape index (κ1) is 13.1. The van der Waals surface area contributed by atoms with Gasteiger partial charge in [-0.2, -0.15) is 18.3 Å². The van der Waals surface area contributed by atoms with E-state index in [9.17, 15) is 18.0 Å². The maximum absolute atomic E-state index is 12.4. The molecule has 0 amide bonds. The van der Waals surface area contributed by atoms with E-state index < -0.39 is 11.7 Å². The van der Waals surface area contributed by atoms with E-state index in [2.05, 4.69) is 5.10 Å². The molecule has 0 aliphatic carbocycles. The van der Waals surface area contributed by atoms with Crippen molar-refractivity contribution in [1.29, 1.82) is 0 Å². The summed E-state index contributed by atoms with van der Waals surface area (Å²) >= 11 is 0. The van der Waals surface area contributed by atoms with Crippen LogP contribution in [0.2, 0.25) is 0 Å². The predicted octanol–water partition coefficient (Wildman–Crippen LogP) is 2.71. The van der Waals surface area contributed by atoms with Crippen LogP contribution in [0.3, 0.4) is 0 Å². The zero-order valence-corrected chi connectivity index (χ0v) is 9.81. The zero-order valence-electron chi connectivity index (χ0n) is 9.81. The molecule has 2 rings (SSSR count). The maximum atomic E-state index is 12.4. The molecule has 2 aromatic rings. The lowest BCUT2D eigenvalue weighted by Gasteiger charge is -2.09. The van der Waals surface area contributed by atoms with Crippen molar-refractivity contribution in [2.45, 2.75) is 6.18 Å². The minimum atomic E-state index is -4.39. The number of ether oxygens (including phenoxy) is 1. The van der Waals surface area contributed by atoms with Gasteiger partial charge >= 0.3 is 6.18 Å². The number of alkyl halides is 3. The van der Waals surface area contributed by atoms with Gasteiger partial charge in [-0.15, -0.1) is 0 Å². The summed E-state index contributed by atoms with van der Waals surface area (Å²) in [5.74, 6) is 0.266. The Kier molecular flexibility index (Phi) is 3.28. The summed E-state index contributed by atoms with van der Waals surface area (Å²) in [6.45, 7) is 0. The minimum Gasteiger partial charge on any atom is -0.481 e. The molecular formula is C12H9F3N2O2. The summed E-state index contributed by atoms with van der Waals surface area (Å²) in [5, 5.41) is 3.90. The van der Waals surface area contributed by atoms with Crippen LogP contribution in [0.15, 0.2) is 30.3 Å². The molecule has 0 saturated carbocycles. The van der Waals surface area contributed by atoms with Gasteiger partial charge in [-0.05, 0) is 24.3 Å². The van der Waals surface area contributed by atoms with Gasteiger partial charge in [0, 0.05) is 6.07 Å². The molecule has 0 radical (unpaired) electrons. The van der Waals surface area contributed by atoms with Crippen molar-refractivity contribution in [1.82, 2.24) is 9.78 Å². The molecule has 7 heteroatoms. The predicted molar refractivity (Wildman–Crippen MR) is 60.5 cm³/mol. The van der Waals surface area contributed by atoms with Crippen LogP contribution in [0.1, 0.15) is 16.1 Å². The molecule has 0 aliphatic rings. The van der Waals surface area contributed by atoms with E-state index in [-0.39, 0.29) is 11.6 Å². The molecule has 0 saturated heterocycles. The Morgan fingerprint density at radius 3 is 2.37 bits per heavy atom. The molecule has 1 aromatic carbocycles. The molecule has 0 spiro atoms. The molecule has 0 atom stereocenters. The third kappa shape index (κ3) is 2.59. The summed E-state index contributed by atoms with van der Waals surface area (Å²) in [6.07, 6.45) is -3.86. The average Bonchev–Trinajstić information content (AvgIpc) is 2.81. The van der Waals surface area contributed by atoms with Crippen LogP contribution in [-0.4, -0.2) is 23.2 Å². The fourth-order valence-corrected chi connectivity index (χ4v) is 1.56. The highest BCUT2D eigenvalue weighted by Crippen LogP contribution is 2.30. The number of methoxy groups -OCH3 is 1. The fraction of sp³-hybridized carbons (Fsp3) is 0.167. The first-order valence-electron chi connectivity index (χ1n) is 5.22. The lowest BCUT2D eigenvalue weighted by molar-refractivity contribution is -0.137. The van der Waals surface area contributed by atoms with Crippen LogP contribution >= 0.6 is 0 Å². The number of halogens is 3. The lowest BCUT2D eigenvalue weighted by atomic mass is 10.2. The van der Waals surface area contributed by atoms with Crippen molar-refractivity contribution >= 4 is 6.29 Å². The van der Waals surface area contributed by atoms with E-state index in [1.54, 1.807) is 0 Å². The Hall–Kier alpha value is -2.31. The largest absolute Gasteiger partial charge is 0.481 e. The van der Waals surface area contributed by atoms with Crippen LogP contribution in [-0.2, 0) is 6.18 Å². The van der Waals surface area contributed by atoms with Crippen molar-refractivity contribution in [2.75, 3.05) is 7.11 Å². The Morgan fingerprint density at radius 2 is 1.89 bits per heavy atom. The van der Waals surface area contributed by atoms with Gasteiger partial charge in [-0.1, -0.05) is 0 Å². The summed E-state index contributed by atoms with van der Waals surface area (Å²) < 4.78 is 43.6. The van der Waals surface area contributed by atoms with Gasteiger partial charge in [0.1, 0.15) is 5.69 Å². The number of nitrogens with zero attached hydrogens (tertiary/aromatic N) is 2. The second-order valence-corrected chi connectivity index (χ2v) is 3.69. The zero-order chi connectivity index (χ0) is 14.0. The minimum absolute atomic E-state index is 0.136. The van der Waals surface area contributed by atoms with E-state index in [0.717, 1.165) is 12.1 Å². The van der Waals surface area contributed by atoms with Crippen LogP contribution in [0.25, 0.3) is 5.69 Å². The molecule has 0 unspecified atom stereocenters. The molecule has 0 N–H and O–H groups in total. The fourth-order valence-electron chi connectivity index (χ4n) is 1.56. The quantitative estimate of drug-likeness (QED) is 0.805. The lowest BCUT2D eigenvalue weighted by Crippen LogP contribution is -2.06. The van der Waals surface area contributed by atoms with Crippen LogP contribution in [0.5, 0.6) is 5.88 Å². The summed E-state index contributed by atoms with van der Waals surface area (Å²) in [6, 6.07) is 5.79. The number of rotatable bonds is 3. The van der Waals surface area contributed by atoms with Crippen LogP contribution in [0.4, 0.5) is 13.2 Å². The highest BCUT2D eigenvalue weighted by Gasteiger charge is 2.30. The van der Waals surface area contributed by atoms with E-state index >= 15 is 0 Å². The molecule has 19 heavy (non-hydrogen) atoms. The molecule has 0 aliphatic heterocycles. The van der Waals surface area contributed by atoms with Crippen LogP contribution < -0.4 is 4.74 Å². The molecular weight excluding hydrogens is 261 g/mol. The molecule has 0 bridgehead atoms. The van der Waals surface area contributed by atoms with Gasteiger partial charge < -0.3 is 4.74 Å². The highest BCUT2D eigenvalue weighted by atomic mass is 19.4. The third-order valence-corrected chi connectivity index (χ3v) is 2.46. The second-order valence-electron chi connectivity index (χ2n) is 3.69. The SMILES string of the molecule is COc1cc(C=O)nn1-c1ccc(C(F)(F)F)cc1. The second kappa shape index (κ2) is 4.75. The number of carbonyl (C=O) groups is 1. The third-order valence-electron chi connectivity index (χ3n) is 2.46. The maximum Gasteiger partial charge on any atom is 0.416 e. The molecule has 1 heterocycles. The van der Waals surface area contributed by atoms with Gasteiger partial charge in [0.2, 0.25) is 5.88 Å². The van der Waals surface area contributed by atoms with E-state index in [4.69, 9.17) is 4.74 Å². The van der Waals surface area contributed by atoms with E-state index in [0.29, 0.717) is 12.0 Å². The van der Waals surface area contributed by atoms with Gasteiger partial charge in [0.15, 0.2) is 6.29 Å². The number of aldehydes is 1. The van der Waals surface area contributed by atoms with Crippen molar-refractivity contribution in [3.8, 4) is 11.6 Å². The standard InChI is InChI=1S/C12H9F3N2O2/c1-19-11-6-9(7-18)16-17(11)10-4-2-8(3-5-10)12(13,14)15/h2-7H,1H3. The monoisotopic (exact) mass is 270 g/mol. The summed E-state index contributed by atoms with van der Waals surface area (Å²) in [7, 11) is 1.38. The molecule has 0 fully saturated rings.